The average Bonchev–Trinajstić information content (AvgIpc) is 2.89. The zero-order valence-electron chi connectivity index (χ0n) is 12.2. The maximum absolute atomic E-state index is 11.9. The Morgan fingerprint density at radius 1 is 1.57 bits per heavy atom. The lowest BCUT2D eigenvalue weighted by molar-refractivity contribution is -0.122. The van der Waals surface area contributed by atoms with Crippen LogP contribution < -0.4 is 5.32 Å². The first kappa shape index (κ1) is 16.8. The highest BCUT2D eigenvalue weighted by Crippen LogP contribution is 2.23. The SMILES string of the molecule is Cc1nc(CSCCC(=O)NC2(C)CCS(=O)(=O)C2)cs1. The predicted octanol–water partition coefficient (Wildman–Crippen LogP) is 1.77. The van der Waals surface area contributed by atoms with Crippen LogP contribution in [0.2, 0.25) is 0 Å². The number of thioether (sulfide) groups is 1. The number of hydrogen-bond donors (Lipinski definition) is 1. The Hall–Kier alpha value is -0.600. The van der Waals surface area contributed by atoms with Crippen LogP contribution in [0, 0.1) is 6.92 Å². The number of nitrogens with one attached hydrogen (secondary N) is 1. The van der Waals surface area contributed by atoms with Gasteiger partial charge in [-0.05, 0) is 20.3 Å². The lowest BCUT2D eigenvalue weighted by Gasteiger charge is -2.23. The van der Waals surface area contributed by atoms with Gasteiger partial charge in [0.05, 0.1) is 27.7 Å². The molecule has 0 spiro atoms. The van der Waals surface area contributed by atoms with E-state index in [1.807, 2.05) is 12.3 Å². The molecule has 1 aliphatic rings. The molecule has 1 amide bonds. The van der Waals surface area contributed by atoms with Gasteiger partial charge in [0.15, 0.2) is 9.84 Å². The van der Waals surface area contributed by atoms with Gasteiger partial charge in [-0.1, -0.05) is 0 Å². The minimum Gasteiger partial charge on any atom is -0.350 e. The molecule has 0 aromatic carbocycles. The smallest absolute Gasteiger partial charge is 0.221 e. The second-order valence-electron chi connectivity index (χ2n) is 5.61. The summed E-state index contributed by atoms with van der Waals surface area (Å²) in [6.07, 6.45) is 0.912. The number of carbonyl (C=O) groups is 1. The van der Waals surface area contributed by atoms with Crippen molar-refractivity contribution in [3.8, 4) is 0 Å². The fourth-order valence-electron chi connectivity index (χ4n) is 2.32. The second-order valence-corrected chi connectivity index (χ2v) is 9.96. The molecule has 1 aromatic rings. The van der Waals surface area contributed by atoms with Crippen LogP contribution in [-0.2, 0) is 20.4 Å². The highest BCUT2D eigenvalue weighted by molar-refractivity contribution is 7.98. The van der Waals surface area contributed by atoms with Gasteiger partial charge < -0.3 is 5.32 Å². The summed E-state index contributed by atoms with van der Waals surface area (Å²) < 4.78 is 23.0. The van der Waals surface area contributed by atoms with Gasteiger partial charge >= 0.3 is 0 Å². The Bertz CT molecular complexity index is 612. The van der Waals surface area contributed by atoms with Crippen molar-refractivity contribution in [3.63, 3.8) is 0 Å². The van der Waals surface area contributed by atoms with E-state index >= 15 is 0 Å². The van der Waals surface area contributed by atoms with Crippen molar-refractivity contribution < 1.29 is 13.2 Å². The quantitative estimate of drug-likeness (QED) is 0.793. The normalized spacial score (nSPS) is 24.1. The van der Waals surface area contributed by atoms with E-state index in [4.69, 9.17) is 0 Å². The van der Waals surface area contributed by atoms with Crippen LogP contribution >= 0.6 is 23.1 Å². The molecule has 1 fully saturated rings. The molecule has 0 aliphatic carbocycles. The largest absolute Gasteiger partial charge is 0.350 e. The van der Waals surface area contributed by atoms with Crippen LogP contribution in [0.25, 0.3) is 0 Å². The summed E-state index contributed by atoms with van der Waals surface area (Å²) in [5.41, 5.74) is 0.462. The lowest BCUT2D eigenvalue weighted by atomic mass is 10.0. The Morgan fingerprint density at radius 3 is 2.90 bits per heavy atom. The molecule has 8 heteroatoms. The molecular weight excluding hydrogens is 328 g/mol. The van der Waals surface area contributed by atoms with Crippen molar-refractivity contribution in [1.29, 1.82) is 0 Å². The average molecular weight is 349 g/mol. The van der Waals surface area contributed by atoms with E-state index in [0.717, 1.165) is 16.5 Å². The lowest BCUT2D eigenvalue weighted by Crippen LogP contribution is -2.47. The van der Waals surface area contributed by atoms with Gasteiger partial charge in [-0.25, -0.2) is 13.4 Å². The molecule has 1 aromatic heterocycles. The molecule has 2 heterocycles. The summed E-state index contributed by atoms with van der Waals surface area (Å²) in [5, 5.41) is 5.96. The van der Waals surface area contributed by atoms with Crippen molar-refractivity contribution in [2.45, 2.75) is 38.0 Å². The van der Waals surface area contributed by atoms with Crippen LogP contribution in [-0.4, -0.2) is 42.1 Å². The standard InChI is InChI=1S/C13H20N2O3S3/c1-10-14-11(8-20-10)7-19-5-3-12(16)15-13(2)4-6-21(17,18)9-13/h8H,3-7,9H2,1-2H3,(H,15,16). The zero-order valence-corrected chi connectivity index (χ0v) is 14.7. The molecule has 21 heavy (non-hydrogen) atoms. The van der Waals surface area contributed by atoms with Gasteiger partial charge in [0, 0.05) is 23.3 Å². The molecule has 5 nitrogen and oxygen atoms in total. The van der Waals surface area contributed by atoms with Crippen molar-refractivity contribution in [2.75, 3.05) is 17.3 Å². The summed E-state index contributed by atoms with van der Waals surface area (Å²) in [7, 11) is -2.99. The summed E-state index contributed by atoms with van der Waals surface area (Å²) in [6.45, 7) is 3.78. The molecule has 1 atom stereocenters. The van der Waals surface area contributed by atoms with E-state index in [1.165, 1.54) is 0 Å². The van der Waals surface area contributed by atoms with E-state index in [9.17, 15) is 13.2 Å². The fraction of sp³-hybridized carbons (Fsp3) is 0.692. The number of rotatable bonds is 6. The first-order chi connectivity index (χ1) is 9.78. The first-order valence-electron chi connectivity index (χ1n) is 6.78. The van der Waals surface area contributed by atoms with E-state index in [1.54, 1.807) is 30.0 Å². The number of hydrogen-bond acceptors (Lipinski definition) is 6. The van der Waals surface area contributed by atoms with E-state index in [0.29, 0.717) is 18.6 Å². The Balaban J connectivity index is 1.68. The summed E-state index contributed by atoms with van der Waals surface area (Å²) in [5.74, 6) is 1.67. The van der Waals surface area contributed by atoms with Gasteiger partial charge in [0.2, 0.25) is 5.91 Å². The Morgan fingerprint density at radius 2 is 2.33 bits per heavy atom. The fourth-order valence-corrected chi connectivity index (χ4v) is 5.97. The Labute approximate surface area is 133 Å². The Kier molecular flexibility index (Phi) is 5.32. The van der Waals surface area contributed by atoms with Crippen molar-refractivity contribution >= 4 is 38.8 Å². The van der Waals surface area contributed by atoms with E-state index < -0.39 is 15.4 Å². The van der Waals surface area contributed by atoms with Crippen LogP contribution in [0.5, 0.6) is 0 Å². The van der Waals surface area contributed by atoms with Gasteiger partial charge in [0.1, 0.15) is 0 Å². The van der Waals surface area contributed by atoms with E-state index in [-0.39, 0.29) is 17.4 Å². The highest BCUT2D eigenvalue weighted by Gasteiger charge is 2.39. The second kappa shape index (κ2) is 6.66. The molecule has 118 valence electrons. The van der Waals surface area contributed by atoms with Gasteiger partial charge in [0.25, 0.3) is 0 Å². The first-order valence-corrected chi connectivity index (χ1v) is 10.6. The van der Waals surface area contributed by atoms with Crippen LogP contribution in [0.4, 0.5) is 0 Å². The van der Waals surface area contributed by atoms with Crippen molar-refractivity contribution in [3.05, 3.63) is 16.1 Å². The number of aryl methyl sites for hydroxylation is 1. The molecule has 0 radical (unpaired) electrons. The number of aromatic nitrogens is 1. The molecule has 1 unspecified atom stereocenters. The molecule has 2 rings (SSSR count). The number of nitrogens with zero attached hydrogens (tertiary/aromatic N) is 1. The maximum atomic E-state index is 11.9. The molecular formula is C13H20N2O3S3. The minimum atomic E-state index is -2.99. The molecule has 1 N–H and O–H groups in total. The number of sulfone groups is 1. The third-order valence-corrected chi connectivity index (χ3v) is 7.05. The minimum absolute atomic E-state index is 0.0526. The number of thiazole rings is 1. The van der Waals surface area contributed by atoms with Crippen LogP contribution in [0.1, 0.15) is 30.5 Å². The molecule has 0 bridgehead atoms. The summed E-state index contributed by atoms with van der Waals surface area (Å²) >= 11 is 3.30. The molecule has 0 saturated carbocycles. The summed E-state index contributed by atoms with van der Waals surface area (Å²) in [4.78, 5) is 16.3. The molecule has 1 saturated heterocycles. The number of carbonyl (C=O) groups excluding carboxylic acids is 1. The van der Waals surface area contributed by atoms with Crippen LogP contribution in [0.3, 0.4) is 0 Å². The summed E-state index contributed by atoms with van der Waals surface area (Å²) in [6, 6.07) is 0. The van der Waals surface area contributed by atoms with Gasteiger partial charge in [-0.2, -0.15) is 11.8 Å². The maximum Gasteiger partial charge on any atom is 0.221 e. The third kappa shape index (κ3) is 5.27. The van der Waals surface area contributed by atoms with Gasteiger partial charge in [-0.3, -0.25) is 4.79 Å². The predicted molar refractivity (Wildman–Crippen MR) is 87.4 cm³/mol. The highest BCUT2D eigenvalue weighted by atomic mass is 32.2. The van der Waals surface area contributed by atoms with Crippen molar-refractivity contribution in [1.82, 2.24) is 10.3 Å². The van der Waals surface area contributed by atoms with Gasteiger partial charge in [-0.15, -0.1) is 11.3 Å². The monoisotopic (exact) mass is 348 g/mol. The van der Waals surface area contributed by atoms with Crippen molar-refractivity contribution in [2.24, 2.45) is 0 Å². The number of amides is 1. The van der Waals surface area contributed by atoms with E-state index in [2.05, 4.69) is 10.3 Å². The van der Waals surface area contributed by atoms with Crippen LogP contribution in [0.15, 0.2) is 5.38 Å². The third-order valence-electron chi connectivity index (χ3n) is 3.33. The zero-order chi connectivity index (χ0) is 15.5. The topological polar surface area (TPSA) is 76.1 Å². The molecule has 1 aliphatic heterocycles.